The number of carbonyl (C=O) groups is 4. The van der Waals surface area contributed by atoms with Crippen LogP contribution in [0.4, 0.5) is 0 Å². The summed E-state index contributed by atoms with van der Waals surface area (Å²) in [5, 5.41) is 28.3. The number of hydrogen-bond acceptors (Lipinski definition) is 8. The van der Waals surface area contributed by atoms with E-state index in [2.05, 4.69) is 35.9 Å². The first kappa shape index (κ1) is 35.0. The normalized spacial score (nSPS) is 13.5. The van der Waals surface area contributed by atoms with Crippen LogP contribution in [0.5, 0.6) is 5.75 Å². The number of phenolic OH excluding ortho intramolecular Hbond substituents is 1. The molecule has 0 saturated carbocycles. The SMILES string of the molecule is NC(N)=NCCCC(NC(=O)C(N)Cc1c[nH]c2ccccc12)C(=O)NC(Cc1ccc(O)cc1)C(=O)NC(Cc1cnc[nH]1)C(=O)O. The van der Waals surface area contributed by atoms with Crippen LogP contribution in [0, 0.1) is 0 Å². The standard InChI is InChI=1S/C32H40N10O6/c33-23(13-19-15-38-24-5-2-1-4-22(19)24)28(44)40-25(6-3-11-37-32(34)35)29(45)41-26(12-18-7-9-21(43)10-8-18)30(46)42-27(31(47)48)14-20-16-36-17-39-20/h1-2,4-5,7-10,15-17,23,25-27,38,43H,3,6,11-14,33H2,(H,36,39)(H,40,44)(H,41,45)(H,42,46)(H,47,48)(H4,34,35,37). The molecule has 4 aromatic rings. The number of imidazole rings is 1. The number of aromatic nitrogens is 3. The van der Waals surface area contributed by atoms with Gasteiger partial charge in [-0.2, -0.15) is 0 Å². The average Bonchev–Trinajstić information content (AvgIpc) is 3.72. The molecule has 4 atom stereocenters. The maximum absolute atomic E-state index is 13.7. The van der Waals surface area contributed by atoms with Gasteiger partial charge >= 0.3 is 5.97 Å². The summed E-state index contributed by atoms with van der Waals surface area (Å²) in [4.78, 5) is 66.4. The van der Waals surface area contributed by atoms with Crippen LogP contribution >= 0.6 is 0 Å². The fourth-order valence-corrected chi connectivity index (χ4v) is 5.12. The van der Waals surface area contributed by atoms with Gasteiger partial charge in [0.15, 0.2) is 5.96 Å². The van der Waals surface area contributed by atoms with Gasteiger partial charge in [0.2, 0.25) is 17.7 Å². The van der Waals surface area contributed by atoms with Gasteiger partial charge in [0.05, 0.1) is 12.4 Å². The van der Waals surface area contributed by atoms with Gasteiger partial charge in [-0.25, -0.2) is 9.78 Å². The number of nitrogens with two attached hydrogens (primary N) is 3. The third-order valence-corrected chi connectivity index (χ3v) is 7.63. The molecule has 254 valence electrons. The number of carboxylic acid groups (broad SMARTS) is 1. The highest BCUT2D eigenvalue weighted by Gasteiger charge is 2.31. The molecule has 2 heterocycles. The second-order valence-corrected chi connectivity index (χ2v) is 11.3. The lowest BCUT2D eigenvalue weighted by Crippen LogP contribution is -2.58. The number of fused-ring (bicyclic) bond motifs is 1. The van der Waals surface area contributed by atoms with Crippen molar-refractivity contribution in [3.63, 3.8) is 0 Å². The Labute approximate surface area is 275 Å². The van der Waals surface area contributed by atoms with Crippen molar-refractivity contribution >= 4 is 40.6 Å². The van der Waals surface area contributed by atoms with Crippen molar-refractivity contribution in [1.82, 2.24) is 30.9 Å². The van der Waals surface area contributed by atoms with Gasteiger partial charge < -0.3 is 53.3 Å². The molecule has 16 nitrogen and oxygen atoms in total. The van der Waals surface area contributed by atoms with Crippen molar-refractivity contribution in [2.45, 2.75) is 56.3 Å². The van der Waals surface area contributed by atoms with E-state index in [9.17, 15) is 29.4 Å². The second-order valence-electron chi connectivity index (χ2n) is 11.3. The number of phenols is 1. The lowest BCUT2D eigenvalue weighted by Gasteiger charge is -2.25. The lowest BCUT2D eigenvalue weighted by atomic mass is 10.0. The summed E-state index contributed by atoms with van der Waals surface area (Å²) in [5.74, 6) is -3.48. The van der Waals surface area contributed by atoms with Crippen molar-refractivity contribution in [3.05, 3.63) is 84.1 Å². The van der Waals surface area contributed by atoms with Crippen molar-refractivity contribution in [2.75, 3.05) is 6.54 Å². The van der Waals surface area contributed by atoms with Crippen molar-refractivity contribution in [1.29, 1.82) is 0 Å². The Bertz CT molecular complexity index is 1720. The summed E-state index contributed by atoms with van der Waals surface area (Å²) >= 11 is 0. The smallest absolute Gasteiger partial charge is 0.326 e. The largest absolute Gasteiger partial charge is 0.508 e. The molecular formula is C32H40N10O6. The number of hydrogen-bond donors (Lipinski definition) is 10. The number of nitrogens with one attached hydrogen (secondary N) is 5. The first-order chi connectivity index (χ1) is 23.0. The van der Waals surface area contributed by atoms with E-state index in [1.807, 2.05) is 24.3 Å². The Morgan fingerprint density at radius 2 is 1.54 bits per heavy atom. The van der Waals surface area contributed by atoms with Crippen LogP contribution in [-0.4, -0.2) is 85.5 Å². The van der Waals surface area contributed by atoms with Crippen LogP contribution in [0.15, 0.2) is 72.2 Å². The average molecular weight is 661 g/mol. The Morgan fingerprint density at radius 3 is 2.23 bits per heavy atom. The van der Waals surface area contributed by atoms with Crippen molar-refractivity contribution in [2.24, 2.45) is 22.2 Å². The van der Waals surface area contributed by atoms with Gasteiger partial charge in [0.1, 0.15) is 23.9 Å². The molecule has 0 fully saturated rings. The summed E-state index contributed by atoms with van der Waals surface area (Å²) in [6, 6.07) is 8.81. The molecule has 2 aromatic heterocycles. The zero-order chi connectivity index (χ0) is 34.6. The van der Waals surface area contributed by atoms with E-state index < -0.39 is 47.9 Å². The molecule has 2 aromatic carbocycles. The van der Waals surface area contributed by atoms with Crippen LogP contribution in [0.25, 0.3) is 10.9 Å². The number of amides is 3. The summed E-state index contributed by atoms with van der Waals surface area (Å²) in [6.07, 6.45) is 5.06. The van der Waals surface area contributed by atoms with E-state index >= 15 is 0 Å². The van der Waals surface area contributed by atoms with Crippen molar-refractivity contribution < 1.29 is 29.4 Å². The van der Waals surface area contributed by atoms with E-state index in [1.54, 1.807) is 18.3 Å². The first-order valence-electron chi connectivity index (χ1n) is 15.2. The monoisotopic (exact) mass is 660 g/mol. The van der Waals surface area contributed by atoms with Gasteiger partial charge in [-0.05, 0) is 48.6 Å². The number of aromatic hydroxyl groups is 1. The summed E-state index contributed by atoms with van der Waals surface area (Å²) in [5.41, 5.74) is 19.9. The number of H-pyrrole nitrogens is 2. The molecular weight excluding hydrogens is 620 g/mol. The highest BCUT2D eigenvalue weighted by molar-refractivity contribution is 5.94. The minimum Gasteiger partial charge on any atom is -0.508 e. The Hall–Kier alpha value is -5.90. The molecule has 16 heteroatoms. The number of aliphatic carboxylic acids is 1. The maximum Gasteiger partial charge on any atom is 0.326 e. The molecule has 0 saturated heterocycles. The number of para-hydroxylation sites is 1. The summed E-state index contributed by atoms with van der Waals surface area (Å²) in [6.45, 7) is 0.175. The van der Waals surface area contributed by atoms with Gasteiger partial charge in [0.25, 0.3) is 0 Å². The summed E-state index contributed by atoms with van der Waals surface area (Å²) < 4.78 is 0. The Balaban J connectivity index is 1.51. The van der Waals surface area contributed by atoms with Crippen LogP contribution in [0.3, 0.4) is 0 Å². The Kier molecular flexibility index (Phi) is 12.1. The fraction of sp³-hybridized carbons (Fsp3) is 0.312. The third-order valence-electron chi connectivity index (χ3n) is 7.63. The second kappa shape index (κ2) is 16.6. The maximum atomic E-state index is 13.7. The number of aliphatic imine (C=N–C) groups is 1. The van der Waals surface area contributed by atoms with Gasteiger partial charge in [-0.1, -0.05) is 30.3 Å². The quantitative estimate of drug-likeness (QED) is 0.0395. The fourth-order valence-electron chi connectivity index (χ4n) is 5.12. The zero-order valence-corrected chi connectivity index (χ0v) is 26.1. The van der Waals surface area contributed by atoms with Gasteiger partial charge in [-0.15, -0.1) is 0 Å². The highest BCUT2D eigenvalue weighted by Crippen LogP contribution is 2.19. The van der Waals surface area contributed by atoms with E-state index in [0.717, 1.165) is 16.5 Å². The number of nitrogens with zero attached hydrogens (tertiary/aromatic N) is 2. The van der Waals surface area contributed by atoms with Gasteiger partial charge in [0, 0.05) is 48.4 Å². The molecule has 0 bridgehead atoms. The zero-order valence-electron chi connectivity index (χ0n) is 26.1. The van der Waals surface area contributed by atoms with Crippen LogP contribution in [-0.2, 0) is 38.4 Å². The number of benzene rings is 2. The van der Waals surface area contributed by atoms with E-state index in [0.29, 0.717) is 17.7 Å². The third kappa shape index (κ3) is 10.1. The molecule has 0 radical (unpaired) electrons. The first-order valence-corrected chi connectivity index (χ1v) is 15.2. The van der Waals surface area contributed by atoms with Gasteiger partial charge in [-0.3, -0.25) is 19.4 Å². The molecule has 48 heavy (non-hydrogen) atoms. The molecule has 0 spiro atoms. The predicted molar refractivity (Wildman–Crippen MR) is 177 cm³/mol. The number of guanidine groups is 1. The molecule has 0 aliphatic rings. The Morgan fingerprint density at radius 1 is 0.854 bits per heavy atom. The van der Waals surface area contributed by atoms with Crippen LogP contribution in [0.2, 0.25) is 0 Å². The minimum atomic E-state index is -1.34. The van der Waals surface area contributed by atoms with E-state index in [-0.39, 0.29) is 43.9 Å². The number of carboxylic acids is 1. The molecule has 0 aliphatic carbocycles. The van der Waals surface area contributed by atoms with Crippen LogP contribution < -0.4 is 33.2 Å². The molecule has 4 rings (SSSR count). The molecule has 13 N–H and O–H groups in total. The van der Waals surface area contributed by atoms with Crippen LogP contribution in [0.1, 0.15) is 29.7 Å². The topological polar surface area (TPSA) is 280 Å². The lowest BCUT2D eigenvalue weighted by molar-refractivity contribution is -0.142. The number of carbonyl (C=O) groups excluding carboxylic acids is 3. The molecule has 4 unspecified atom stereocenters. The summed E-state index contributed by atoms with van der Waals surface area (Å²) in [7, 11) is 0. The van der Waals surface area contributed by atoms with E-state index in [4.69, 9.17) is 17.2 Å². The van der Waals surface area contributed by atoms with E-state index in [1.165, 1.54) is 24.7 Å². The predicted octanol–water partition coefficient (Wildman–Crippen LogP) is -0.456. The minimum absolute atomic E-state index is 0.00168. The molecule has 0 aliphatic heterocycles. The highest BCUT2D eigenvalue weighted by atomic mass is 16.4. The van der Waals surface area contributed by atoms with Crippen molar-refractivity contribution in [3.8, 4) is 5.75 Å². The molecule has 3 amide bonds. The number of rotatable bonds is 17. The number of aromatic amines is 2.